The summed E-state index contributed by atoms with van der Waals surface area (Å²) in [5.41, 5.74) is 3.17. The third-order valence-electron chi connectivity index (χ3n) is 5.92. The first kappa shape index (κ1) is 23.2. The fraction of sp³-hybridized carbons (Fsp3) is 0.409. The number of methoxy groups -OCH3 is 1. The number of hydrogen-bond acceptors (Lipinski definition) is 9. The molecule has 1 saturated heterocycles. The molecule has 4 heterocycles. The number of likely N-dealkylation sites (N-methyl/N-ethyl adjacent to an activating group) is 1. The topological polar surface area (TPSA) is 136 Å². The highest BCUT2D eigenvalue weighted by Gasteiger charge is 2.36. The van der Waals surface area contributed by atoms with Crippen molar-refractivity contribution in [3.63, 3.8) is 0 Å². The molecule has 1 aliphatic carbocycles. The number of hydrogen-bond donors (Lipinski definition) is 0. The molecule has 2 fully saturated rings. The quantitative estimate of drug-likeness (QED) is 0.333. The number of imide groups is 1. The van der Waals surface area contributed by atoms with E-state index < -0.39 is 15.9 Å². The van der Waals surface area contributed by atoms with E-state index in [2.05, 4.69) is 15.0 Å². The van der Waals surface area contributed by atoms with E-state index in [4.69, 9.17) is 9.47 Å². The number of pyridine rings is 1. The van der Waals surface area contributed by atoms with Crippen molar-refractivity contribution >= 4 is 33.1 Å². The number of carbonyl (C=O) groups is 2. The lowest BCUT2D eigenvalue weighted by molar-refractivity contribution is -0.123. The van der Waals surface area contributed by atoms with E-state index in [1.807, 2.05) is 16.7 Å². The Hall–Kier alpha value is -3.58. The van der Waals surface area contributed by atoms with Gasteiger partial charge < -0.3 is 13.9 Å². The number of ether oxygens (including phenoxy) is 2. The highest BCUT2D eigenvalue weighted by atomic mass is 32.2. The summed E-state index contributed by atoms with van der Waals surface area (Å²) in [6.07, 6.45) is 8.28. The summed E-state index contributed by atoms with van der Waals surface area (Å²) in [5.74, 6) is 0.217. The Kier molecular flexibility index (Phi) is 5.68. The molecule has 1 saturated carbocycles. The summed E-state index contributed by atoms with van der Waals surface area (Å²) in [6, 6.07) is 1.53. The van der Waals surface area contributed by atoms with Crippen LogP contribution in [0.2, 0.25) is 0 Å². The number of amides is 3. The first-order chi connectivity index (χ1) is 16.7. The molecule has 0 radical (unpaired) electrons. The number of nitrogens with zero attached hydrogens (tertiary/aromatic N) is 6. The molecule has 3 amide bonds. The van der Waals surface area contributed by atoms with Crippen LogP contribution in [0.15, 0.2) is 29.8 Å². The maximum atomic E-state index is 12.7. The second-order valence-electron chi connectivity index (χ2n) is 8.69. The lowest BCUT2D eigenvalue weighted by Crippen LogP contribution is -2.30. The van der Waals surface area contributed by atoms with Gasteiger partial charge in [0.25, 0.3) is 0 Å². The summed E-state index contributed by atoms with van der Waals surface area (Å²) in [5, 5.41) is -0.347. The predicted molar refractivity (Wildman–Crippen MR) is 123 cm³/mol. The summed E-state index contributed by atoms with van der Waals surface area (Å²) in [6.45, 7) is 0.0784. The Balaban J connectivity index is 1.49. The van der Waals surface area contributed by atoms with Gasteiger partial charge in [-0.25, -0.2) is 23.2 Å². The molecule has 3 aromatic rings. The molecule has 0 bridgehead atoms. The van der Waals surface area contributed by atoms with Gasteiger partial charge in [0, 0.05) is 39.0 Å². The van der Waals surface area contributed by atoms with Crippen molar-refractivity contribution in [2.24, 2.45) is 0 Å². The molecule has 184 valence electrons. The molecule has 1 aliphatic heterocycles. The largest absolute Gasteiger partial charge is 0.471 e. The Morgan fingerprint density at radius 3 is 2.54 bits per heavy atom. The van der Waals surface area contributed by atoms with Crippen molar-refractivity contribution in [2.75, 3.05) is 31.9 Å². The summed E-state index contributed by atoms with van der Waals surface area (Å²) in [7, 11) is -0.672. The van der Waals surface area contributed by atoms with E-state index in [1.165, 1.54) is 25.3 Å². The number of urea groups is 1. The van der Waals surface area contributed by atoms with Crippen LogP contribution < -0.4 is 9.64 Å². The van der Waals surface area contributed by atoms with Gasteiger partial charge in [0.05, 0.1) is 23.6 Å². The Morgan fingerprint density at radius 2 is 1.91 bits per heavy atom. The number of sulfone groups is 1. The minimum atomic E-state index is -3.63. The first-order valence-electron chi connectivity index (χ1n) is 10.9. The molecule has 0 aromatic carbocycles. The Bertz CT molecular complexity index is 1450. The third-order valence-corrected chi connectivity index (χ3v) is 6.78. The van der Waals surface area contributed by atoms with Crippen LogP contribution in [0.1, 0.15) is 35.6 Å². The van der Waals surface area contributed by atoms with Crippen molar-refractivity contribution in [3.05, 3.63) is 41.5 Å². The van der Waals surface area contributed by atoms with Gasteiger partial charge >= 0.3 is 6.03 Å². The van der Waals surface area contributed by atoms with Gasteiger partial charge in [-0.15, -0.1) is 0 Å². The molecular formula is C22H24N6O6S. The van der Waals surface area contributed by atoms with Gasteiger partial charge in [-0.2, -0.15) is 4.98 Å². The SMILES string of the molecule is COCc1cnc(S(C)(=O)=O)nc1OCc1cn2cc(C3CC3)cc(N3CC(=O)N(C)C3=O)c2n1. The lowest BCUT2D eigenvalue weighted by atomic mass is 10.1. The van der Waals surface area contributed by atoms with E-state index in [9.17, 15) is 18.0 Å². The van der Waals surface area contributed by atoms with Crippen LogP contribution in [-0.2, 0) is 32.6 Å². The van der Waals surface area contributed by atoms with Gasteiger partial charge in [0.15, 0.2) is 5.65 Å². The maximum absolute atomic E-state index is 12.7. The molecule has 3 aromatic heterocycles. The zero-order valence-electron chi connectivity index (χ0n) is 19.5. The van der Waals surface area contributed by atoms with Crippen molar-refractivity contribution in [1.82, 2.24) is 24.3 Å². The van der Waals surface area contributed by atoms with Gasteiger partial charge in [0.1, 0.15) is 13.2 Å². The average molecular weight is 501 g/mol. The zero-order valence-corrected chi connectivity index (χ0v) is 20.3. The van der Waals surface area contributed by atoms with E-state index in [-0.39, 0.29) is 36.7 Å². The van der Waals surface area contributed by atoms with Crippen molar-refractivity contribution in [1.29, 1.82) is 0 Å². The van der Waals surface area contributed by atoms with E-state index in [1.54, 1.807) is 6.20 Å². The molecule has 0 spiro atoms. The Labute approximate surface area is 201 Å². The number of rotatable bonds is 8. The first-order valence-corrected chi connectivity index (χ1v) is 12.8. The normalized spacial score (nSPS) is 16.5. The van der Waals surface area contributed by atoms with Crippen LogP contribution in [0.25, 0.3) is 5.65 Å². The second kappa shape index (κ2) is 8.57. The minimum absolute atomic E-state index is 0.0103. The van der Waals surface area contributed by atoms with Gasteiger partial charge in [0.2, 0.25) is 26.8 Å². The van der Waals surface area contributed by atoms with Crippen LogP contribution in [0, 0.1) is 0 Å². The van der Waals surface area contributed by atoms with Gasteiger partial charge in [-0.1, -0.05) is 0 Å². The number of carbonyl (C=O) groups excluding carboxylic acids is 2. The van der Waals surface area contributed by atoms with Crippen LogP contribution in [0.5, 0.6) is 5.88 Å². The van der Waals surface area contributed by atoms with Crippen molar-refractivity contribution in [2.45, 2.75) is 37.1 Å². The highest BCUT2D eigenvalue weighted by Crippen LogP contribution is 2.42. The fourth-order valence-electron chi connectivity index (χ4n) is 3.92. The smallest absolute Gasteiger partial charge is 0.331 e. The van der Waals surface area contributed by atoms with E-state index in [0.29, 0.717) is 28.5 Å². The zero-order chi connectivity index (χ0) is 24.9. The number of fused-ring (bicyclic) bond motifs is 1. The van der Waals surface area contributed by atoms with E-state index >= 15 is 0 Å². The third kappa shape index (κ3) is 4.44. The summed E-state index contributed by atoms with van der Waals surface area (Å²) < 4.78 is 36.6. The Morgan fingerprint density at radius 1 is 1.14 bits per heavy atom. The monoisotopic (exact) mass is 500 g/mol. The molecule has 35 heavy (non-hydrogen) atoms. The number of anilines is 1. The second-order valence-corrected chi connectivity index (χ2v) is 10.6. The summed E-state index contributed by atoms with van der Waals surface area (Å²) in [4.78, 5) is 39.9. The van der Waals surface area contributed by atoms with Crippen LogP contribution >= 0.6 is 0 Å². The fourth-order valence-corrected chi connectivity index (χ4v) is 4.41. The lowest BCUT2D eigenvalue weighted by Gasteiger charge is -2.17. The van der Waals surface area contributed by atoms with Crippen LogP contribution in [0.4, 0.5) is 10.5 Å². The molecule has 5 rings (SSSR count). The van der Waals surface area contributed by atoms with Crippen LogP contribution in [0.3, 0.4) is 0 Å². The molecule has 0 N–H and O–H groups in total. The van der Waals surface area contributed by atoms with Gasteiger partial charge in [-0.3, -0.25) is 14.6 Å². The van der Waals surface area contributed by atoms with Gasteiger partial charge in [-0.05, 0) is 30.4 Å². The molecule has 0 unspecified atom stereocenters. The number of aromatic nitrogens is 4. The standard InChI is InChI=1S/C22H24N6O6S/c1-26-18(29)10-28(22(26)30)17-6-14(13-4-5-13)8-27-9-16(24-19(17)27)12-34-20-15(11-33-2)7-23-21(25-20)35(3,31)32/h6-9,13H,4-5,10-12H2,1-3H3. The summed E-state index contributed by atoms with van der Waals surface area (Å²) >= 11 is 0. The highest BCUT2D eigenvalue weighted by molar-refractivity contribution is 7.90. The molecular weight excluding hydrogens is 476 g/mol. The van der Waals surface area contributed by atoms with Crippen LogP contribution in [-0.4, -0.2) is 71.6 Å². The molecule has 12 nitrogen and oxygen atoms in total. The van der Waals surface area contributed by atoms with Crippen molar-refractivity contribution < 1.29 is 27.5 Å². The molecule has 0 atom stereocenters. The average Bonchev–Trinajstić information content (AvgIpc) is 3.53. The van der Waals surface area contributed by atoms with E-state index in [0.717, 1.165) is 29.6 Å². The minimum Gasteiger partial charge on any atom is -0.471 e. The maximum Gasteiger partial charge on any atom is 0.331 e. The molecule has 13 heteroatoms. The molecule has 2 aliphatic rings. The predicted octanol–water partition coefficient (Wildman–Crippen LogP) is 1.53. The number of imidazole rings is 1. The van der Waals surface area contributed by atoms with Crippen molar-refractivity contribution in [3.8, 4) is 5.88 Å².